The molecule has 1 aliphatic rings. The van der Waals surface area contributed by atoms with Crippen LogP contribution in [0.4, 0.5) is 0 Å². The van der Waals surface area contributed by atoms with Crippen molar-refractivity contribution in [3.8, 4) is 11.5 Å². The molecule has 2 heterocycles. The highest BCUT2D eigenvalue weighted by Gasteiger charge is 2.25. The first-order chi connectivity index (χ1) is 13.0. The average molecular weight is 448 g/mol. The highest BCUT2D eigenvalue weighted by atomic mass is 79.9. The zero-order valence-corrected chi connectivity index (χ0v) is 17.4. The molecule has 0 fully saturated rings. The predicted molar refractivity (Wildman–Crippen MR) is 111 cm³/mol. The van der Waals surface area contributed by atoms with Gasteiger partial charge < -0.3 is 14.2 Å². The Morgan fingerprint density at radius 2 is 2.22 bits per heavy atom. The van der Waals surface area contributed by atoms with Crippen LogP contribution < -0.4 is 9.47 Å². The van der Waals surface area contributed by atoms with Gasteiger partial charge in [-0.1, -0.05) is 12.6 Å². The molecule has 0 saturated carbocycles. The van der Waals surface area contributed by atoms with Crippen LogP contribution in [0.3, 0.4) is 0 Å². The lowest BCUT2D eigenvalue weighted by atomic mass is 10.1. The number of carbonyl (C=O) groups is 1. The van der Waals surface area contributed by atoms with Gasteiger partial charge in [0.15, 0.2) is 17.2 Å². The minimum Gasteiger partial charge on any atom is -0.490 e. The van der Waals surface area contributed by atoms with Crippen molar-refractivity contribution in [3.05, 3.63) is 62.4 Å². The third-order valence-electron chi connectivity index (χ3n) is 3.45. The van der Waals surface area contributed by atoms with Crippen LogP contribution in [-0.4, -0.2) is 25.1 Å². The molecule has 3 rings (SSSR count). The van der Waals surface area contributed by atoms with Gasteiger partial charge in [0.05, 0.1) is 16.0 Å². The van der Waals surface area contributed by atoms with Crippen molar-refractivity contribution in [2.75, 3.05) is 13.2 Å². The van der Waals surface area contributed by atoms with Gasteiger partial charge in [0.2, 0.25) is 5.90 Å². The van der Waals surface area contributed by atoms with Crippen molar-refractivity contribution < 1.29 is 19.0 Å². The Kier molecular flexibility index (Phi) is 6.13. The number of benzene rings is 1. The van der Waals surface area contributed by atoms with Crippen molar-refractivity contribution in [1.82, 2.24) is 0 Å². The number of esters is 1. The molecule has 1 aliphatic heterocycles. The largest absolute Gasteiger partial charge is 0.490 e. The van der Waals surface area contributed by atoms with E-state index in [1.54, 1.807) is 12.1 Å². The summed E-state index contributed by atoms with van der Waals surface area (Å²) in [5.74, 6) is 1.02. The summed E-state index contributed by atoms with van der Waals surface area (Å²) >= 11 is 4.98. The molecule has 2 aromatic rings. The van der Waals surface area contributed by atoms with E-state index in [0.29, 0.717) is 30.6 Å². The van der Waals surface area contributed by atoms with Crippen LogP contribution in [-0.2, 0) is 9.53 Å². The van der Waals surface area contributed by atoms with Crippen molar-refractivity contribution in [2.45, 2.75) is 13.8 Å². The lowest BCUT2D eigenvalue weighted by Gasteiger charge is -2.14. The molecule has 0 bridgehead atoms. The fraction of sp³-hybridized carbons (Fsp3) is 0.200. The number of carbonyl (C=O) groups excluding carboxylic acids is 1. The highest BCUT2D eigenvalue weighted by molar-refractivity contribution is 9.10. The number of cyclic esters (lactones) is 1. The summed E-state index contributed by atoms with van der Waals surface area (Å²) in [4.78, 5) is 17.3. The van der Waals surface area contributed by atoms with E-state index in [4.69, 9.17) is 14.2 Å². The predicted octanol–water partition coefficient (Wildman–Crippen LogP) is 5.21. The fourth-order valence-corrected chi connectivity index (χ4v) is 3.57. The molecule has 0 radical (unpaired) electrons. The van der Waals surface area contributed by atoms with E-state index in [1.807, 2.05) is 37.4 Å². The Morgan fingerprint density at radius 1 is 1.41 bits per heavy atom. The Balaban J connectivity index is 1.93. The highest BCUT2D eigenvalue weighted by Crippen LogP contribution is 2.38. The van der Waals surface area contributed by atoms with Crippen LogP contribution in [0.5, 0.6) is 11.5 Å². The Labute approximate surface area is 170 Å². The van der Waals surface area contributed by atoms with Crippen molar-refractivity contribution >= 4 is 45.2 Å². The lowest BCUT2D eigenvalue weighted by molar-refractivity contribution is -0.129. The molecule has 7 heteroatoms. The number of aliphatic imine (C=N–C) groups is 1. The summed E-state index contributed by atoms with van der Waals surface area (Å²) in [7, 11) is 0. The van der Waals surface area contributed by atoms with E-state index >= 15 is 0 Å². The molecule has 0 aliphatic carbocycles. The number of halogens is 1. The molecule has 0 atom stereocenters. The summed E-state index contributed by atoms with van der Waals surface area (Å²) in [6, 6.07) is 7.39. The second kappa shape index (κ2) is 8.54. The molecule has 1 aromatic heterocycles. The van der Waals surface area contributed by atoms with Crippen LogP contribution in [0.25, 0.3) is 6.08 Å². The number of nitrogens with zero attached hydrogens (tertiary/aromatic N) is 1. The third kappa shape index (κ3) is 4.67. The fourth-order valence-electron chi connectivity index (χ4n) is 2.34. The molecule has 0 amide bonds. The van der Waals surface area contributed by atoms with E-state index in [2.05, 4.69) is 27.5 Å². The minimum absolute atomic E-state index is 0.239. The van der Waals surface area contributed by atoms with Gasteiger partial charge in [0.1, 0.15) is 6.61 Å². The van der Waals surface area contributed by atoms with Gasteiger partial charge in [-0.2, -0.15) is 0 Å². The molecule has 0 saturated heterocycles. The molecular formula is C20H18BrNO4S. The number of hydrogen-bond acceptors (Lipinski definition) is 6. The van der Waals surface area contributed by atoms with Gasteiger partial charge in [-0.25, -0.2) is 9.79 Å². The maximum Gasteiger partial charge on any atom is 0.363 e. The van der Waals surface area contributed by atoms with Crippen LogP contribution in [0.2, 0.25) is 0 Å². The van der Waals surface area contributed by atoms with Gasteiger partial charge in [-0.05, 0) is 70.6 Å². The number of ether oxygens (including phenoxy) is 3. The summed E-state index contributed by atoms with van der Waals surface area (Å²) in [6.45, 7) is 8.50. The smallest absolute Gasteiger partial charge is 0.363 e. The molecule has 27 heavy (non-hydrogen) atoms. The maximum absolute atomic E-state index is 12.1. The van der Waals surface area contributed by atoms with Crippen molar-refractivity contribution in [1.29, 1.82) is 0 Å². The Bertz CT molecular complexity index is 932. The lowest BCUT2D eigenvalue weighted by Crippen LogP contribution is -2.04. The van der Waals surface area contributed by atoms with Gasteiger partial charge in [0, 0.05) is 0 Å². The standard InChI is InChI=1S/C20H18BrNO4S/c1-4-24-16-10-13(8-14(21)18(16)25-11-12(2)3)9-15-20(23)26-19(22-15)17-6-5-7-27-17/h5-10H,2,4,11H2,1,3H3. The van der Waals surface area contributed by atoms with Gasteiger partial charge >= 0.3 is 5.97 Å². The van der Waals surface area contributed by atoms with Gasteiger partial charge in [-0.15, -0.1) is 11.3 Å². The van der Waals surface area contributed by atoms with Crippen molar-refractivity contribution in [2.24, 2.45) is 4.99 Å². The maximum atomic E-state index is 12.1. The quantitative estimate of drug-likeness (QED) is 0.332. The normalized spacial score (nSPS) is 14.9. The summed E-state index contributed by atoms with van der Waals surface area (Å²) < 4.78 is 17.5. The van der Waals surface area contributed by atoms with E-state index in [0.717, 1.165) is 20.5 Å². The SMILES string of the molecule is C=C(C)COc1c(Br)cc(C=C2N=C(c3cccs3)OC2=O)cc1OCC. The second-order valence-corrected chi connectivity index (χ2v) is 7.62. The van der Waals surface area contributed by atoms with Crippen LogP contribution in [0.1, 0.15) is 24.3 Å². The van der Waals surface area contributed by atoms with Crippen LogP contribution in [0.15, 0.2) is 57.0 Å². The summed E-state index contributed by atoms with van der Waals surface area (Å²) in [5, 5.41) is 1.91. The summed E-state index contributed by atoms with van der Waals surface area (Å²) in [6.07, 6.45) is 1.67. The molecule has 5 nitrogen and oxygen atoms in total. The first-order valence-electron chi connectivity index (χ1n) is 8.28. The van der Waals surface area contributed by atoms with E-state index in [9.17, 15) is 4.79 Å². The van der Waals surface area contributed by atoms with E-state index in [-0.39, 0.29) is 5.70 Å². The van der Waals surface area contributed by atoms with Crippen LogP contribution in [0, 0.1) is 0 Å². The summed E-state index contributed by atoms with van der Waals surface area (Å²) in [5.41, 5.74) is 1.89. The number of rotatable bonds is 7. The molecule has 0 N–H and O–H groups in total. The molecule has 0 unspecified atom stereocenters. The van der Waals surface area contributed by atoms with E-state index in [1.165, 1.54) is 11.3 Å². The van der Waals surface area contributed by atoms with E-state index < -0.39 is 5.97 Å². The first kappa shape index (κ1) is 19.4. The van der Waals surface area contributed by atoms with Gasteiger partial charge in [-0.3, -0.25) is 0 Å². The number of hydrogen-bond donors (Lipinski definition) is 0. The van der Waals surface area contributed by atoms with Crippen molar-refractivity contribution in [3.63, 3.8) is 0 Å². The second-order valence-electron chi connectivity index (χ2n) is 5.82. The van der Waals surface area contributed by atoms with Gasteiger partial charge in [0.25, 0.3) is 0 Å². The first-order valence-corrected chi connectivity index (χ1v) is 9.95. The zero-order chi connectivity index (χ0) is 19.4. The Morgan fingerprint density at radius 3 is 2.89 bits per heavy atom. The topological polar surface area (TPSA) is 57.1 Å². The molecule has 0 spiro atoms. The monoisotopic (exact) mass is 447 g/mol. The minimum atomic E-state index is -0.477. The average Bonchev–Trinajstić information content (AvgIpc) is 3.25. The Hall–Kier alpha value is -2.38. The molecule has 1 aromatic carbocycles. The molecular weight excluding hydrogens is 430 g/mol. The van der Waals surface area contributed by atoms with Crippen LogP contribution >= 0.6 is 27.3 Å². The zero-order valence-electron chi connectivity index (χ0n) is 15.0. The third-order valence-corrected chi connectivity index (χ3v) is 4.90. The number of thiophene rings is 1. The molecule has 140 valence electrons.